The zero-order valence-electron chi connectivity index (χ0n) is 14.5. The van der Waals surface area contributed by atoms with Crippen LogP contribution in [0.2, 0.25) is 0 Å². The largest absolute Gasteiger partial charge is 0.452 e. The maximum absolute atomic E-state index is 12.1. The van der Waals surface area contributed by atoms with Gasteiger partial charge in [-0.25, -0.2) is 4.79 Å². The van der Waals surface area contributed by atoms with Gasteiger partial charge < -0.3 is 15.0 Å². The Morgan fingerprint density at radius 1 is 1.08 bits per heavy atom. The molecule has 26 heavy (non-hydrogen) atoms. The minimum Gasteiger partial charge on any atom is -0.452 e. The van der Waals surface area contributed by atoms with Gasteiger partial charge in [-0.1, -0.05) is 29.8 Å². The number of likely N-dealkylation sites (N-methyl/N-ethyl adjacent to an activating group) is 1. The molecule has 0 aromatic heterocycles. The molecule has 0 saturated heterocycles. The number of nitrogens with zero attached hydrogens (tertiary/aromatic N) is 1. The number of carbonyl (C=O) groups excluding carboxylic acids is 3. The van der Waals surface area contributed by atoms with Gasteiger partial charge in [-0.3, -0.25) is 9.59 Å². The van der Waals surface area contributed by atoms with Crippen LogP contribution in [0, 0.1) is 10.5 Å². The molecule has 1 N–H and O–H groups in total. The highest BCUT2D eigenvalue weighted by atomic mass is 127. The van der Waals surface area contributed by atoms with Crippen LogP contribution in [0.4, 0.5) is 5.69 Å². The fourth-order valence-corrected chi connectivity index (χ4v) is 2.69. The van der Waals surface area contributed by atoms with Crippen LogP contribution in [-0.2, 0) is 14.3 Å². The lowest BCUT2D eigenvalue weighted by Gasteiger charge is -2.17. The van der Waals surface area contributed by atoms with Crippen molar-refractivity contribution in [2.45, 2.75) is 6.92 Å². The summed E-state index contributed by atoms with van der Waals surface area (Å²) in [5.74, 6) is -1.35. The van der Waals surface area contributed by atoms with Gasteiger partial charge in [-0.2, -0.15) is 0 Å². The average molecular weight is 466 g/mol. The predicted molar refractivity (Wildman–Crippen MR) is 107 cm³/mol. The van der Waals surface area contributed by atoms with Crippen LogP contribution in [0.3, 0.4) is 0 Å². The van der Waals surface area contributed by atoms with E-state index in [-0.39, 0.29) is 12.5 Å². The fourth-order valence-electron chi connectivity index (χ4n) is 2.08. The van der Waals surface area contributed by atoms with Crippen molar-refractivity contribution < 1.29 is 19.1 Å². The van der Waals surface area contributed by atoms with Gasteiger partial charge >= 0.3 is 5.97 Å². The van der Waals surface area contributed by atoms with E-state index in [9.17, 15) is 14.4 Å². The quantitative estimate of drug-likeness (QED) is 0.525. The second kappa shape index (κ2) is 9.33. The van der Waals surface area contributed by atoms with E-state index >= 15 is 0 Å². The summed E-state index contributed by atoms with van der Waals surface area (Å²) >= 11 is 2.03. The van der Waals surface area contributed by atoms with Crippen LogP contribution in [-0.4, -0.2) is 42.9 Å². The number of benzene rings is 2. The van der Waals surface area contributed by atoms with E-state index < -0.39 is 18.5 Å². The van der Waals surface area contributed by atoms with Crippen LogP contribution in [0.15, 0.2) is 48.5 Å². The lowest BCUT2D eigenvalue weighted by Crippen LogP contribution is -2.37. The van der Waals surface area contributed by atoms with Crippen molar-refractivity contribution in [3.05, 3.63) is 63.2 Å². The van der Waals surface area contributed by atoms with E-state index in [1.165, 1.54) is 11.9 Å². The molecule has 2 aromatic carbocycles. The van der Waals surface area contributed by atoms with Gasteiger partial charge in [0.2, 0.25) is 5.91 Å². The van der Waals surface area contributed by atoms with Crippen molar-refractivity contribution >= 4 is 46.1 Å². The van der Waals surface area contributed by atoms with Crippen molar-refractivity contribution in [3.63, 3.8) is 0 Å². The number of hydrogen-bond acceptors (Lipinski definition) is 4. The standard InChI is InChI=1S/C19H19IN2O4/c1-13-7-9-14(10-8-13)21-17(23)11-22(2)18(24)12-26-19(25)15-5-3-4-6-16(15)20/h3-10H,11-12H2,1-2H3,(H,21,23). The summed E-state index contributed by atoms with van der Waals surface area (Å²) in [6.07, 6.45) is 0. The smallest absolute Gasteiger partial charge is 0.339 e. The number of amides is 2. The van der Waals surface area contributed by atoms with Crippen LogP contribution in [0.25, 0.3) is 0 Å². The minimum atomic E-state index is -0.569. The molecule has 0 bridgehead atoms. The third kappa shape index (κ3) is 5.83. The first-order chi connectivity index (χ1) is 12.4. The Labute approximate surface area is 165 Å². The van der Waals surface area contributed by atoms with Crippen LogP contribution < -0.4 is 5.32 Å². The van der Waals surface area contributed by atoms with Crippen LogP contribution >= 0.6 is 22.6 Å². The molecule has 2 amide bonds. The predicted octanol–water partition coefficient (Wildman–Crippen LogP) is 2.85. The summed E-state index contributed by atoms with van der Waals surface area (Å²) in [6, 6.07) is 14.3. The number of aryl methyl sites for hydroxylation is 1. The van der Waals surface area contributed by atoms with E-state index in [1.807, 2.05) is 47.7 Å². The van der Waals surface area contributed by atoms with E-state index in [0.717, 1.165) is 9.13 Å². The summed E-state index contributed by atoms with van der Waals surface area (Å²) in [5, 5.41) is 2.71. The number of anilines is 1. The van der Waals surface area contributed by atoms with Crippen molar-refractivity contribution in [2.24, 2.45) is 0 Å². The first-order valence-corrected chi connectivity index (χ1v) is 8.97. The zero-order chi connectivity index (χ0) is 19.1. The number of nitrogens with one attached hydrogen (secondary N) is 1. The molecule has 0 radical (unpaired) electrons. The van der Waals surface area contributed by atoms with E-state index in [4.69, 9.17) is 4.74 Å². The maximum atomic E-state index is 12.1. The molecule has 0 unspecified atom stereocenters. The Bertz CT molecular complexity index is 805. The molecule has 2 rings (SSSR count). The number of rotatable bonds is 6. The summed E-state index contributed by atoms with van der Waals surface area (Å²) < 4.78 is 5.78. The van der Waals surface area contributed by atoms with Gasteiger partial charge in [0.05, 0.1) is 12.1 Å². The number of carbonyl (C=O) groups is 3. The van der Waals surface area contributed by atoms with E-state index in [1.54, 1.807) is 30.3 Å². The third-order valence-electron chi connectivity index (χ3n) is 3.56. The highest BCUT2D eigenvalue weighted by Crippen LogP contribution is 2.12. The second-order valence-electron chi connectivity index (χ2n) is 5.72. The number of halogens is 1. The summed E-state index contributed by atoms with van der Waals surface area (Å²) in [6.45, 7) is 1.40. The summed E-state index contributed by atoms with van der Waals surface area (Å²) in [5.41, 5.74) is 2.15. The molecular weight excluding hydrogens is 447 g/mol. The summed E-state index contributed by atoms with van der Waals surface area (Å²) in [7, 11) is 1.48. The first-order valence-electron chi connectivity index (χ1n) is 7.89. The number of ether oxygens (including phenoxy) is 1. The topological polar surface area (TPSA) is 75.7 Å². The molecule has 0 aliphatic heterocycles. The molecule has 0 atom stereocenters. The lowest BCUT2D eigenvalue weighted by atomic mass is 10.2. The van der Waals surface area contributed by atoms with Gasteiger partial charge in [-0.05, 0) is 53.8 Å². The average Bonchev–Trinajstić information content (AvgIpc) is 2.61. The van der Waals surface area contributed by atoms with Gasteiger partial charge in [0.25, 0.3) is 5.91 Å². The third-order valence-corrected chi connectivity index (χ3v) is 4.50. The van der Waals surface area contributed by atoms with Gasteiger partial charge in [0.1, 0.15) is 0 Å². The SMILES string of the molecule is Cc1ccc(NC(=O)CN(C)C(=O)COC(=O)c2ccccc2I)cc1. The Morgan fingerprint density at radius 2 is 1.73 bits per heavy atom. The monoisotopic (exact) mass is 466 g/mol. The van der Waals surface area contributed by atoms with Crippen LogP contribution in [0.1, 0.15) is 15.9 Å². The molecule has 0 saturated carbocycles. The molecule has 0 aliphatic rings. The van der Waals surface area contributed by atoms with Gasteiger partial charge in [0.15, 0.2) is 6.61 Å². The van der Waals surface area contributed by atoms with Gasteiger partial charge in [0, 0.05) is 16.3 Å². The van der Waals surface area contributed by atoms with Crippen LogP contribution in [0.5, 0.6) is 0 Å². The summed E-state index contributed by atoms with van der Waals surface area (Å²) in [4.78, 5) is 37.3. The Morgan fingerprint density at radius 3 is 2.38 bits per heavy atom. The first kappa shape index (κ1) is 19.9. The molecule has 7 heteroatoms. The maximum Gasteiger partial charge on any atom is 0.339 e. The van der Waals surface area contributed by atoms with Gasteiger partial charge in [-0.15, -0.1) is 0 Å². The normalized spacial score (nSPS) is 10.1. The highest BCUT2D eigenvalue weighted by Gasteiger charge is 2.17. The minimum absolute atomic E-state index is 0.132. The molecule has 6 nitrogen and oxygen atoms in total. The molecule has 0 heterocycles. The number of hydrogen-bond donors (Lipinski definition) is 1. The fraction of sp³-hybridized carbons (Fsp3) is 0.211. The zero-order valence-corrected chi connectivity index (χ0v) is 16.6. The Balaban J connectivity index is 1.81. The number of esters is 1. The van der Waals surface area contributed by atoms with Crippen molar-refractivity contribution in [2.75, 3.05) is 25.5 Å². The Kier molecular flexibility index (Phi) is 7.14. The molecule has 136 valence electrons. The molecule has 0 spiro atoms. The molecular formula is C19H19IN2O4. The van der Waals surface area contributed by atoms with Crippen molar-refractivity contribution in [3.8, 4) is 0 Å². The lowest BCUT2D eigenvalue weighted by molar-refractivity contribution is -0.136. The van der Waals surface area contributed by atoms with E-state index in [2.05, 4.69) is 5.32 Å². The molecule has 0 fully saturated rings. The molecule has 2 aromatic rings. The second-order valence-corrected chi connectivity index (χ2v) is 6.88. The highest BCUT2D eigenvalue weighted by molar-refractivity contribution is 14.1. The Hall–Kier alpha value is -2.42. The molecule has 0 aliphatic carbocycles. The van der Waals surface area contributed by atoms with Crippen molar-refractivity contribution in [1.29, 1.82) is 0 Å². The van der Waals surface area contributed by atoms with Crippen molar-refractivity contribution in [1.82, 2.24) is 4.90 Å². The van der Waals surface area contributed by atoms with E-state index in [0.29, 0.717) is 11.3 Å².